The maximum atomic E-state index is 11.7. The number of hydrogen-bond donors (Lipinski definition) is 0. The van der Waals surface area contributed by atoms with E-state index < -0.39 is 0 Å². The van der Waals surface area contributed by atoms with Crippen LogP contribution in [0, 0.1) is 0 Å². The van der Waals surface area contributed by atoms with Crippen molar-refractivity contribution in [3.8, 4) is 0 Å². The zero-order valence-electron chi connectivity index (χ0n) is 9.62. The average molecular weight is 232 g/mol. The van der Waals surface area contributed by atoms with Crippen LogP contribution in [-0.4, -0.2) is 30.9 Å². The van der Waals surface area contributed by atoms with Gasteiger partial charge >= 0.3 is 0 Å². The van der Waals surface area contributed by atoms with E-state index in [1.807, 2.05) is 0 Å². The highest BCUT2D eigenvalue weighted by atomic mass is 16.1. The van der Waals surface area contributed by atoms with Crippen LogP contribution in [0.25, 0.3) is 0 Å². The summed E-state index contributed by atoms with van der Waals surface area (Å²) in [4.78, 5) is 27.4. The van der Waals surface area contributed by atoms with E-state index in [0.29, 0.717) is 11.3 Å². The average Bonchev–Trinajstić information content (AvgIpc) is 2.87. The third kappa shape index (κ3) is 2.47. The van der Waals surface area contributed by atoms with Crippen LogP contribution < -0.4 is 0 Å². The van der Waals surface area contributed by atoms with E-state index >= 15 is 0 Å². The smallest absolute Gasteiger partial charge is 0.190 e. The molecule has 0 aliphatic heterocycles. The number of aryl methyl sites for hydroxylation is 2. The molecule has 0 amide bonds. The summed E-state index contributed by atoms with van der Waals surface area (Å²) in [6.45, 7) is 0. The third-order valence-corrected chi connectivity index (χ3v) is 2.34. The molecule has 17 heavy (non-hydrogen) atoms. The van der Waals surface area contributed by atoms with Crippen molar-refractivity contribution in [1.29, 1.82) is 0 Å². The summed E-state index contributed by atoms with van der Waals surface area (Å²) in [5.41, 5.74) is 0.751. The van der Waals surface area contributed by atoms with Crippen LogP contribution in [0.3, 0.4) is 0 Å². The minimum absolute atomic E-state index is 0.178. The summed E-state index contributed by atoms with van der Waals surface area (Å²) >= 11 is 0. The van der Waals surface area contributed by atoms with Crippen molar-refractivity contribution < 1.29 is 9.59 Å². The van der Waals surface area contributed by atoms with Gasteiger partial charge in [-0.2, -0.15) is 5.10 Å². The molecule has 0 fully saturated rings. The third-order valence-electron chi connectivity index (χ3n) is 2.34. The predicted molar refractivity (Wildman–Crippen MR) is 59.7 cm³/mol. The van der Waals surface area contributed by atoms with Crippen LogP contribution in [0.4, 0.5) is 0 Å². The Bertz CT molecular complexity index is 517. The summed E-state index contributed by atoms with van der Waals surface area (Å²) < 4.78 is 3.19. The maximum Gasteiger partial charge on any atom is 0.190 e. The number of ketones is 2. The minimum Gasteiger partial charge on any atom is -0.340 e. The van der Waals surface area contributed by atoms with E-state index in [1.54, 1.807) is 31.1 Å². The zero-order chi connectivity index (χ0) is 12.4. The molecule has 2 aromatic rings. The molecular formula is C11H12N4O2. The second-order valence-electron chi connectivity index (χ2n) is 3.85. The first kappa shape index (κ1) is 11.3. The Balaban J connectivity index is 2.07. The number of hydrogen-bond acceptors (Lipinski definition) is 4. The highest BCUT2D eigenvalue weighted by molar-refractivity contribution is 6.12. The molecule has 88 valence electrons. The number of carbonyl (C=O) groups excluding carboxylic acids is 2. The number of nitrogens with zero attached hydrogens (tertiary/aromatic N) is 4. The predicted octanol–water partition coefficient (Wildman–Crippen LogP) is 0.609. The van der Waals surface area contributed by atoms with Gasteiger partial charge in [-0.3, -0.25) is 14.3 Å². The molecule has 2 rings (SSSR count). The van der Waals surface area contributed by atoms with Gasteiger partial charge in [-0.15, -0.1) is 0 Å². The van der Waals surface area contributed by atoms with E-state index in [0.717, 1.165) is 0 Å². The first-order valence-corrected chi connectivity index (χ1v) is 5.09. The molecule has 0 radical (unpaired) electrons. The Hall–Kier alpha value is -2.24. The van der Waals surface area contributed by atoms with Gasteiger partial charge in [-0.1, -0.05) is 0 Å². The summed E-state index contributed by atoms with van der Waals surface area (Å²) in [5, 5.41) is 3.89. The normalized spacial score (nSPS) is 10.5. The van der Waals surface area contributed by atoms with Gasteiger partial charge in [0.05, 0.1) is 24.5 Å². The first-order valence-electron chi connectivity index (χ1n) is 5.09. The molecule has 0 aliphatic rings. The Morgan fingerprint density at radius 1 is 1.24 bits per heavy atom. The molecule has 0 unspecified atom stereocenters. The van der Waals surface area contributed by atoms with Crippen molar-refractivity contribution in [1.82, 2.24) is 19.3 Å². The number of Topliss-reactive ketones (excluding diaryl/α,β-unsaturated/α-hetero) is 2. The van der Waals surface area contributed by atoms with Crippen LogP contribution in [0.2, 0.25) is 0 Å². The molecule has 0 saturated carbocycles. The molecule has 0 atom stereocenters. The lowest BCUT2D eigenvalue weighted by atomic mass is 10.1. The van der Waals surface area contributed by atoms with Crippen LogP contribution in [0.15, 0.2) is 24.9 Å². The molecule has 2 aromatic heterocycles. The van der Waals surface area contributed by atoms with Crippen LogP contribution >= 0.6 is 0 Å². The zero-order valence-corrected chi connectivity index (χ0v) is 9.62. The molecular weight excluding hydrogens is 220 g/mol. The number of rotatable bonds is 4. The van der Waals surface area contributed by atoms with Gasteiger partial charge in [0, 0.05) is 26.5 Å². The molecule has 6 nitrogen and oxygen atoms in total. The van der Waals surface area contributed by atoms with E-state index in [9.17, 15) is 9.59 Å². The lowest BCUT2D eigenvalue weighted by Crippen LogP contribution is -2.08. The quantitative estimate of drug-likeness (QED) is 0.572. The van der Waals surface area contributed by atoms with Gasteiger partial charge in [-0.05, 0) is 0 Å². The van der Waals surface area contributed by atoms with Gasteiger partial charge in [-0.25, -0.2) is 4.98 Å². The van der Waals surface area contributed by atoms with Crippen LogP contribution in [-0.2, 0) is 14.1 Å². The number of imidazole rings is 1. The SMILES string of the molecule is Cn1cnc(C(=O)CC(=O)c2cnn(C)c2)c1. The Labute approximate surface area is 97.9 Å². The van der Waals surface area contributed by atoms with Crippen molar-refractivity contribution in [2.45, 2.75) is 6.42 Å². The topological polar surface area (TPSA) is 69.8 Å². The highest BCUT2D eigenvalue weighted by Gasteiger charge is 2.16. The minimum atomic E-state index is -0.278. The summed E-state index contributed by atoms with van der Waals surface area (Å²) in [6.07, 6.45) is 5.99. The fourth-order valence-corrected chi connectivity index (χ4v) is 1.46. The summed E-state index contributed by atoms with van der Waals surface area (Å²) in [6, 6.07) is 0. The standard InChI is InChI=1S/C11H12N4O2/c1-14-6-9(12-7-14)11(17)3-10(16)8-4-13-15(2)5-8/h4-7H,3H2,1-2H3. The lowest BCUT2D eigenvalue weighted by Gasteiger charge is -1.94. The molecule has 0 spiro atoms. The first-order chi connectivity index (χ1) is 8.06. The molecule has 0 N–H and O–H groups in total. The molecule has 2 heterocycles. The van der Waals surface area contributed by atoms with Gasteiger partial charge in [0.1, 0.15) is 5.69 Å². The Kier molecular flexibility index (Phi) is 2.86. The molecule has 0 aliphatic carbocycles. The maximum absolute atomic E-state index is 11.7. The van der Waals surface area contributed by atoms with Crippen LogP contribution in [0.1, 0.15) is 27.3 Å². The van der Waals surface area contributed by atoms with E-state index in [1.165, 1.54) is 17.2 Å². The fourth-order valence-electron chi connectivity index (χ4n) is 1.46. The second-order valence-corrected chi connectivity index (χ2v) is 3.85. The fraction of sp³-hybridized carbons (Fsp3) is 0.273. The van der Waals surface area contributed by atoms with Crippen molar-refractivity contribution in [3.05, 3.63) is 36.2 Å². The highest BCUT2D eigenvalue weighted by Crippen LogP contribution is 2.06. The van der Waals surface area contributed by atoms with E-state index in [2.05, 4.69) is 10.1 Å². The monoisotopic (exact) mass is 232 g/mol. The van der Waals surface area contributed by atoms with Gasteiger partial charge in [0.2, 0.25) is 0 Å². The van der Waals surface area contributed by atoms with Crippen LogP contribution in [0.5, 0.6) is 0 Å². The molecule has 0 saturated heterocycles. The van der Waals surface area contributed by atoms with Crippen molar-refractivity contribution in [3.63, 3.8) is 0 Å². The number of aromatic nitrogens is 4. The summed E-state index contributed by atoms with van der Waals surface area (Å²) in [5.74, 6) is -0.520. The van der Waals surface area contributed by atoms with Gasteiger partial charge < -0.3 is 4.57 Å². The number of carbonyl (C=O) groups is 2. The van der Waals surface area contributed by atoms with Crippen molar-refractivity contribution in [2.24, 2.45) is 14.1 Å². The van der Waals surface area contributed by atoms with E-state index in [-0.39, 0.29) is 18.0 Å². The van der Waals surface area contributed by atoms with Crippen molar-refractivity contribution >= 4 is 11.6 Å². The van der Waals surface area contributed by atoms with Gasteiger partial charge in [0.25, 0.3) is 0 Å². The largest absolute Gasteiger partial charge is 0.340 e. The Morgan fingerprint density at radius 2 is 2.00 bits per heavy atom. The molecule has 6 heteroatoms. The molecule has 0 bridgehead atoms. The molecule has 0 aromatic carbocycles. The van der Waals surface area contributed by atoms with Gasteiger partial charge in [0.15, 0.2) is 11.6 Å². The lowest BCUT2D eigenvalue weighted by molar-refractivity contribution is 0.0891. The summed E-state index contributed by atoms with van der Waals surface area (Å²) in [7, 11) is 3.49. The van der Waals surface area contributed by atoms with E-state index in [4.69, 9.17) is 0 Å². The Morgan fingerprint density at radius 3 is 2.53 bits per heavy atom. The van der Waals surface area contributed by atoms with Crippen molar-refractivity contribution in [2.75, 3.05) is 0 Å². The second kappa shape index (κ2) is 4.32.